The maximum absolute atomic E-state index is 2.29. The molecular weight excluding hydrogens is 1370 g/mol. The van der Waals surface area contributed by atoms with Crippen LogP contribution in [-0.2, 0) is 142 Å². The van der Waals surface area contributed by atoms with Crippen molar-refractivity contribution in [3.63, 3.8) is 0 Å². The standard InChI is InChI=1S/3C14H16.C13H14.3C10H14.3CH3.3Rh/c1-3-11-5-7-14-10-12(4-2)6-8-13(14)9-11;1-3-11-7-5-10-14-12(4-2)8-6-9-13(11)14;1-3-11-9-10-12(4-2)14-8-6-5-7-13(11)14;1-3-11-5-7-12-6-4-10(2)8-13(12)9-11;1-3-9-5-7-10(4-2)8-6-9;1-3-9-6-5-7-10(4-2)8-9;1-3-9-7-5-6-8-10(9)4-2;;;;;;/h3*5-10H,3-4H2,1-2H3;4-9H,3H2,1-2H3;3*5-8H,3-4H2,1-2H3;3*1H3;;;/q;;;;;;;3*-1;;;. The predicted molar refractivity (Wildman–Crippen MR) is 401 cm³/mol. The first kappa shape index (κ1) is 87.4. The van der Waals surface area contributed by atoms with Gasteiger partial charge in [-0.05, 0) is 206 Å². The van der Waals surface area contributed by atoms with E-state index in [0.717, 1.165) is 83.5 Å². The molecule has 0 fully saturated rings. The number of rotatable bonds is 13. The summed E-state index contributed by atoms with van der Waals surface area (Å²) in [7, 11) is 0. The zero-order valence-electron chi connectivity index (χ0n) is 59.0. The van der Waals surface area contributed by atoms with Crippen LogP contribution in [0.2, 0.25) is 0 Å². The Labute approximate surface area is 595 Å². The third kappa shape index (κ3) is 27.8. The molecule has 0 bridgehead atoms. The van der Waals surface area contributed by atoms with E-state index in [9.17, 15) is 0 Å². The molecule has 11 rings (SSSR count). The van der Waals surface area contributed by atoms with Gasteiger partial charge in [0, 0.05) is 58.4 Å². The third-order valence-electron chi connectivity index (χ3n) is 16.5. The first-order valence-electron chi connectivity index (χ1n) is 32.7. The van der Waals surface area contributed by atoms with Gasteiger partial charge in [-0.3, -0.25) is 0 Å². The van der Waals surface area contributed by atoms with E-state index in [1.165, 1.54) is 121 Å². The Hall–Kier alpha value is -5.67. The van der Waals surface area contributed by atoms with Crippen molar-refractivity contribution < 1.29 is 58.4 Å². The fraction of sp³-hybridized carbons (Fsp3) is 0.307. The summed E-state index contributed by atoms with van der Waals surface area (Å²) in [5.74, 6) is 0. The van der Waals surface area contributed by atoms with Crippen LogP contribution in [0.15, 0.2) is 218 Å². The minimum Gasteiger partial charge on any atom is -0.358 e. The molecule has 0 aromatic heterocycles. The first-order valence-corrected chi connectivity index (χ1v) is 32.7. The van der Waals surface area contributed by atoms with Gasteiger partial charge < -0.3 is 22.3 Å². The summed E-state index contributed by atoms with van der Waals surface area (Å²) in [4.78, 5) is 0. The first-order chi connectivity index (χ1) is 41.5. The van der Waals surface area contributed by atoms with Crippen molar-refractivity contribution >= 4 is 43.1 Å². The van der Waals surface area contributed by atoms with E-state index < -0.39 is 0 Å². The van der Waals surface area contributed by atoms with E-state index in [-0.39, 0.29) is 80.7 Å². The second-order valence-corrected chi connectivity index (χ2v) is 22.1. The molecule has 3 heteroatoms. The van der Waals surface area contributed by atoms with Gasteiger partial charge in [0.1, 0.15) is 0 Å². The molecule has 0 heterocycles. The Morgan fingerprint density at radius 3 is 0.780 bits per heavy atom. The maximum atomic E-state index is 2.29. The van der Waals surface area contributed by atoms with E-state index >= 15 is 0 Å². The zero-order valence-corrected chi connectivity index (χ0v) is 63.9. The molecule has 0 spiro atoms. The summed E-state index contributed by atoms with van der Waals surface area (Å²) in [6, 6.07) is 79.5. The fourth-order valence-electron chi connectivity index (χ4n) is 10.8. The van der Waals surface area contributed by atoms with E-state index in [0.29, 0.717) is 0 Å². The van der Waals surface area contributed by atoms with Crippen LogP contribution in [0.1, 0.15) is 168 Å². The molecule has 3 radical (unpaired) electrons. The van der Waals surface area contributed by atoms with Crippen molar-refractivity contribution in [1.82, 2.24) is 0 Å². The van der Waals surface area contributed by atoms with E-state index in [1.807, 2.05) is 0 Å². The van der Waals surface area contributed by atoms with Crippen molar-refractivity contribution in [3.05, 3.63) is 319 Å². The molecule has 0 saturated carbocycles. The maximum Gasteiger partial charge on any atom is 0 e. The summed E-state index contributed by atoms with van der Waals surface area (Å²) in [6.07, 6.45) is 14.7. The van der Waals surface area contributed by atoms with E-state index in [1.54, 1.807) is 0 Å². The Morgan fingerprint density at radius 1 is 0.187 bits per heavy atom. The minimum absolute atomic E-state index is 0. The summed E-state index contributed by atoms with van der Waals surface area (Å²) >= 11 is 0. The Morgan fingerprint density at radius 2 is 0.440 bits per heavy atom. The van der Waals surface area contributed by atoms with Crippen LogP contribution >= 0.6 is 0 Å². The largest absolute Gasteiger partial charge is 0.358 e. The topological polar surface area (TPSA) is 0 Å². The van der Waals surface area contributed by atoms with Crippen molar-refractivity contribution in [2.75, 3.05) is 0 Å². The molecular formula is C88H113Rh3-3. The van der Waals surface area contributed by atoms with Gasteiger partial charge in [0.2, 0.25) is 0 Å². The summed E-state index contributed by atoms with van der Waals surface area (Å²) in [6.45, 7) is 30.7. The number of benzene rings is 11. The Balaban J connectivity index is 0. The fourth-order valence-corrected chi connectivity index (χ4v) is 10.8. The summed E-state index contributed by atoms with van der Waals surface area (Å²) in [5, 5.41) is 11.1. The SMILES string of the molecule is CCc1ccc(CC)c2ccccc12.CCc1ccc(CC)cc1.CCc1ccc2cc(CC)ccc2c1.CCc1ccc2ccc(C)cc2c1.CCc1cccc(CC)c1.CCc1cccc2c(CC)cccc12.CCc1ccccc1CC.[CH3-].[CH3-].[CH3-].[Rh].[Rh].[Rh]. The molecule has 0 unspecified atom stereocenters. The van der Waals surface area contributed by atoms with Crippen molar-refractivity contribution in [2.45, 2.75) is 180 Å². The molecule has 0 aliphatic rings. The minimum atomic E-state index is 0. The van der Waals surface area contributed by atoms with Gasteiger partial charge in [-0.1, -0.05) is 314 Å². The molecule has 11 aromatic rings. The molecule has 495 valence electrons. The Kier molecular flexibility index (Phi) is 47.0. The van der Waals surface area contributed by atoms with Crippen molar-refractivity contribution in [3.8, 4) is 0 Å². The van der Waals surface area contributed by atoms with Crippen LogP contribution < -0.4 is 0 Å². The molecule has 0 nitrogen and oxygen atoms in total. The average Bonchev–Trinajstić information content (AvgIpc) is 3.30. The monoisotopic (exact) mass is 1480 g/mol. The van der Waals surface area contributed by atoms with Crippen LogP contribution in [0.5, 0.6) is 0 Å². The number of hydrogen-bond acceptors (Lipinski definition) is 0. The van der Waals surface area contributed by atoms with Gasteiger partial charge in [0.15, 0.2) is 0 Å². The zero-order chi connectivity index (χ0) is 61.3. The quantitative estimate of drug-likeness (QED) is 0.0797. The van der Waals surface area contributed by atoms with Crippen molar-refractivity contribution in [1.29, 1.82) is 0 Å². The Bertz CT molecular complexity index is 3460. The van der Waals surface area contributed by atoms with Crippen LogP contribution in [0.25, 0.3) is 43.1 Å². The molecule has 91 heavy (non-hydrogen) atoms. The second kappa shape index (κ2) is 49.0. The van der Waals surface area contributed by atoms with Gasteiger partial charge in [0.05, 0.1) is 0 Å². The second-order valence-electron chi connectivity index (χ2n) is 22.1. The number of aryl methyl sites for hydroxylation is 14. The third-order valence-corrected chi connectivity index (χ3v) is 16.5. The molecule has 0 aliphatic carbocycles. The normalized spacial score (nSPS) is 9.69. The van der Waals surface area contributed by atoms with Crippen LogP contribution in [-0.4, -0.2) is 0 Å². The van der Waals surface area contributed by atoms with E-state index in [4.69, 9.17) is 0 Å². The van der Waals surface area contributed by atoms with Gasteiger partial charge >= 0.3 is 0 Å². The number of fused-ring (bicyclic) bond motifs is 4. The summed E-state index contributed by atoms with van der Waals surface area (Å²) in [5.41, 5.74) is 20.1. The van der Waals surface area contributed by atoms with Crippen LogP contribution in [0.4, 0.5) is 0 Å². The average molecular weight is 1480 g/mol. The van der Waals surface area contributed by atoms with E-state index in [2.05, 4.69) is 315 Å². The van der Waals surface area contributed by atoms with Crippen LogP contribution in [0, 0.1) is 29.2 Å². The molecule has 0 saturated heterocycles. The van der Waals surface area contributed by atoms with Gasteiger partial charge in [-0.2, -0.15) is 0 Å². The van der Waals surface area contributed by atoms with Gasteiger partial charge in [-0.25, -0.2) is 0 Å². The summed E-state index contributed by atoms with van der Waals surface area (Å²) < 4.78 is 0. The predicted octanol–water partition coefficient (Wildman–Crippen LogP) is 25.4. The van der Waals surface area contributed by atoms with Gasteiger partial charge in [-0.15, -0.1) is 0 Å². The molecule has 0 N–H and O–H groups in total. The molecule has 11 aromatic carbocycles. The number of hydrogen-bond donors (Lipinski definition) is 0. The molecule has 0 aliphatic heterocycles. The van der Waals surface area contributed by atoms with Crippen molar-refractivity contribution in [2.24, 2.45) is 0 Å². The van der Waals surface area contributed by atoms with Crippen LogP contribution in [0.3, 0.4) is 0 Å². The van der Waals surface area contributed by atoms with Gasteiger partial charge in [0.25, 0.3) is 0 Å². The molecule has 0 atom stereocenters. The smallest absolute Gasteiger partial charge is 0 e. The molecule has 0 amide bonds.